The number of benzene rings is 1. The summed E-state index contributed by atoms with van der Waals surface area (Å²) in [4.78, 5) is 5.16. The van der Waals surface area contributed by atoms with Crippen LogP contribution in [0.3, 0.4) is 0 Å². The van der Waals surface area contributed by atoms with Gasteiger partial charge in [-0.1, -0.05) is 12.1 Å². The monoisotopic (exact) mass is 461 g/mol. The molecule has 0 saturated heterocycles. The Morgan fingerprint density at radius 3 is 2.71 bits per heavy atom. The van der Waals surface area contributed by atoms with Gasteiger partial charge in [0.1, 0.15) is 11.4 Å². The van der Waals surface area contributed by atoms with Crippen LogP contribution in [0.1, 0.15) is 36.5 Å². The molecule has 1 saturated carbocycles. The van der Waals surface area contributed by atoms with Gasteiger partial charge in [-0.2, -0.15) is 0 Å². The second kappa shape index (κ2) is 6.86. The number of aromatic nitrogens is 2. The summed E-state index contributed by atoms with van der Waals surface area (Å²) in [6.07, 6.45) is 2.13. The first-order valence-electron chi connectivity index (χ1n) is 9.72. The molecule has 5 rings (SSSR count). The van der Waals surface area contributed by atoms with E-state index in [1.807, 2.05) is 24.3 Å². The number of halogens is 1. The first-order valence-corrected chi connectivity index (χ1v) is 12.1. The Labute approximate surface area is 182 Å². The van der Waals surface area contributed by atoms with Gasteiger partial charge in [-0.3, -0.25) is 0 Å². The third-order valence-corrected chi connectivity index (χ3v) is 8.86. The van der Waals surface area contributed by atoms with E-state index in [1.165, 1.54) is 13.1 Å². The van der Waals surface area contributed by atoms with Crippen molar-refractivity contribution < 1.29 is 17.2 Å². The molecular weight excluding hydrogens is 441 g/mol. The number of rotatable bonds is 4. The molecule has 3 aromatic rings. The molecule has 2 aromatic heterocycles. The Balaban J connectivity index is 1.51. The van der Waals surface area contributed by atoms with Crippen molar-refractivity contribution in [2.24, 2.45) is 10.7 Å². The number of nitrogens with zero attached hydrogens (tertiary/aromatic N) is 4. The first kappa shape index (κ1) is 20.1. The third-order valence-electron chi connectivity index (χ3n) is 5.50. The standard InChI is InChI=1S/C20H20FN5O3S2/c1-20(10-31(27,28)26(2)19(22)23-20)16-14(21)9-15(30-16)12-4-3-5-13(8-12)18-25-24-17(29-18)11-6-7-11/h3-5,8-9,11H,6-7,10H2,1-2H3,(H2,22,23). The van der Waals surface area contributed by atoms with E-state index in [0.717, 1.165) is 39.6 Å². The quantitative estimate of drug-likeness (QED) is 0.638. The van der Waals surface area contributed by atoms with Gasteiger partial charge in [0.25, 0.3) is 0 Å². The molecule has 0 radical (unpaired) electrons. The number of thiophene rings is 1. The van der Waals surface area contributed by atoms with Gasteiger partial charge in [0, 0.05) is 23.4 Å². The summed E-state index contributed by atoms with van der Waals surface area (Å²) in [5.74, 6) is 0.396. The lowest BCUT2D eigenvalue weighted by atomic mass is 10.0. The molecule has 3 heterocycles. The van der Waals surface area contributed by atoms with E-state index < -0.39 is 21.4 Å². The first-order chi connectivity index (χ1) is 14.7. The molecule has 162 valence electrons. The van der Waals surface area contributed by atoms with Gasteiger partial charge >= 0.3 is 0 Å². The Bertz CT molecular complexity index is 1310. The highest BCUT2D eigenvalue weighted by Crippen LogP contribution is 2.42. The van der Waals surface area contributed by atoms with Gasteiger partial charge in [0.15, 0.2) is 0 Å². The summed E-state index contributed by atoms with van der Waals surface area (Å²) in [6.45, 7) is 1.58. The van der Waals surface area contributed by atoms with Gasteiger partial charge in [-0.25, -0.2) is 22.1 Å². The van der Waals surface area contributed by atoms with E-state index in [9.17, 15) is 12.8 Å². The van der Waals surface area contributed by atoms with Crippen molar-refractivity contribution in [2.75, 3.05) is 12.8 Å². The molecule has 0 amide bonds. The van der Waals surface area contributed by atoms with E-state index in [0.29, 0.717) is 22.6 Å². The highest BCUT2D eigenvalue weighted by atomic mass is 32.2. The molecule has 1 aliphatic carbocycles. The molecular formula is C20H20FN5O3S2. The summed E-state index contributed by atoms with van der Waals surface area (Å²) >= 11 is 1.16. The maximum absolute atomic E-state index is 15.0. The van der Waals surface area contributed by atoms with Crippen LogP contribution in [0.5, 0.6) is 0 Å². The van der Waals surface area contributed by atoms with Gasteiger partial charge in [0.05, 0.1) is 10.6 Å². The third kappa shape index (κ3) is 3.51. The maximum Gasteiger partial charge on any atom is 0.247 e. The largest absolute Gasteiger partial charge is 0.420 e. The lowest BCUT2D eigenvalue weighted by molar-refractivity contribution is 0.466. The summed E-state index contributed by atoms with van der Waals surface area (Å²) in [5, 5.41) is 8.24. The Morgan fingerprint density at radius 1 is 1.26 bits per heavy atom. The number of guanidine groups is 1. The minimum Gasteiger partial charge on any atom is -0.420 e. The summed E-state index contributed by atoms with van der Waals surface area (Å²) in [7, 11) is -2.36. The zero-order chi connectivity index (χ0) is 22.0. The van der Waals surface area contributed by atoms with Crippen LogP contribution in [0.15, 0.2) is 39.7 Å². The lowest BCUT2D eigenvalue weighted by Crippen LogP contribution is -2.50. The van der Waals surface area contributed by atoms with Gasteiger partial charge in [-0.15, -0.1) is 21.5 Å². The SMILES string of the molecule is CN1C(N)=NC(C)(c2sc(-c3cccc(-c4nnc(C5CC5)o4)c3)cc2F)CS1(=O)=O. The minimum absolute atomic E-state index is 0.159. The van der Waals surface area contributed by atoms with E-state index in [2.05, 4.69) is 15.2 Å². The lowest BCUT2D eigenvalue weighted by Gasteiger charge is -2.33. The molecule has 0 bridgehead atoms. The van der Waals surface area contributed by atoms with Crippen molar-refractivity contribution in [1.82, 2.24) is 14.5 Å². The van der Waals surface area contributed by atoms with Crippen molar-refractivity contribution in [3.05, 3.63) is 46.9 Å². The fourth-order valence-corrected chi connectivity index (χ4v) is 6.25. The van der Waals surface area contributed by atoms with Crippen LogP contribution in [0.25, 0.3) is 21.9 Å². The Kier molecular flexibility index (Phi) is 4.45. The van der Waals surface area contributed by atoms with Gasteiger partial charge in [0.2, 0.25) is 27.8 Å². The normalized spacial score (nSPS) is 23.1. The molecule has 2 aliphatic rings. The molecule has 1 aromatic carbocycles. The van der Waals surface area contributed by atoms with Crippen molar-refractivity contribution in [3.63, 3.8) is 0 Å². The van der Waals surface area contributed by atoms with E-state index in [-0.39, 0.29) is 16.6 Å². The van der Waals surface area contributed by atoms with E-state index in [1.54, 1.807) is 6.92 Å². The molecule has 1 atom stereocenters. The highest BCUT2D eigenvalue weighted by Gasteiger charge is 2.43. The van der Waals surface area contributed by atoms with E-state index >= 15 is 0 Å². The summed E-state index contributed by atoms with van der Waals surface area (Å²) in [6, 6.07) is 8.78. The fraction of sp³-hybridized carbons (Fsp3) is 0.350. The predicted molar refractivity (Wildman–Crippen MR) is 116 cm³/mol. The topological polar surface area (TPSA) is 115 Å². The van der Waals surface area contributed by atoms with Crippen LogP contribution in [0.2, 0.25) is 0 Å². The van der Waals surface area contributed by atoms with Crippen molar-refractivity contribution in [1.29, 1.82) is 0 Å². The number of hydrogen-bond donors (Lipinski definition) is 1. The van der Waals surface area contributed by atoms with Crippen LogP contribution < -0.4 is 5.73 Å². The van der Waals surface area contributed by atoms with Crippen LogP contribution >= 0.6 is 11.3 Å². The van der Waals surface area contributed by atoms with Gasteiger partial charge < -0.3 is 10.2 Å². The van der Waals surface area contributed by atoms with Crippen LogP contribution in [0.4, 0.5) is 4.39 Å². The predicted octanol–water partition coefficient (Wildman–Crippen LogP) is 3.29. The Hall–Kier alpha value is -2.79. The number of hydrogen-bond acceptors (Lipinski definition) is 8. The van der Waals surface area contributed by atoms with Crippen molar-refractivity contribution >= 4 is 27.3 Å². The van der Waals surface area contributed by atoms with Crippen LogP contribution in [0, 0.1) is 5.82 Å². The molecule has 31 heavy (non-hydrogen) atoms. The van der Waals surface area contributed by atoms with Crippen LogP contribution in [-0.4, -0.2) is 41.7 Å². The maximum atomic E-state index is 15.0. The molecule has 0 spiro atoms. The molecule has 1 fully saturated rings. The Morgan fingerprint density at radius 2 is 2.00 bits per heavy atom. The molecule has 2 N–H and O–H groups in total. The molecule has 8 nitrogen and oxygen atoms in total. The summed E-state index contributed by atoms with van der Waals surface area (Å²) in [5.41, 5.74) is 6.00. The van der Waals surface area contributed by atoms with Crippen molar-refractivity contribution in [3.8, 4) is 21.9 Å². The molecule has 11 heteroatoms. The average molecular weight is 462 g/mol. The zero-order valence-corrected chi connectivity index (χ0v) is 18.5. The summed E-state index contributed by atoms with van der Waals surface area (Å²) < 4.78 is 46.6. The minimum atomic E-state index is -3.69. The second-order valence-electron chi connectivity index (χ2n) is 8.06. The number of aliphatic imine (C=N–C) groups is 1. The smallest absolute Gasteiger partial charge is 0.247 e. The molecule has 1 unspecified atom stereocenters. The zero-order valence-electron chi connectivity index (χ0n) is 16.9. The van der Waals surface area contributed by atoms with Gasteiger partial charge in [-0.05, 0) is 43.5 Å². The van der Waals surface area contributed by atoms with E-state index in [4.69, 9.17) is 10.2 Å². The fourth-order valence-electron chi connectivity index (χ4n) is 3.60. The van der Waals surface area contributed by atoms with Crippen LogP contribution in [-0.2, 0) is 15.6 Å². The number of nitrogens with two attached hydrogens (primary N) is 1. The average Bonchev–Trinajstić information content (AvgIpc) is 3.30. The highest BCUT2D eigenvalue weighted by molar-refractivity contribution is 7.89. The molecule has 1 aliphatic heterocycles. The van der Waals surface area contributed by atoms with Crippen molar-refractivity contribution in [2.45, 2.75) is 31.2 Å². The number of sulfonamides is 1. The second-order valence-corrected chi connectivity index (χ2v) is 11.1.